The molecule has 3 aromatic carbocycles. The van der Waals surface area contributed by atoms with Crippen LogP contribution in [0.15, 0.2) is 72.8 Å². The van der Waals surface area contributed by atoms with Gasteiger partial charge >= 0.3 is 0 Å². The van der Waals surface area contributed by atoms with Gasteiger partial charge in [0.05, 0.1) is 139 Å². The van der Waals surface area contributed by atoms with Gasteiger partial charge in [0, 0.05) is 21.3 Å². The molecular formula is C45H69O15P. The molecule has 15 nitrogen and oxygen atoms in total. The van der Waals surface area contributed by atoms with Crippen molar-refractivity contribution < 1.29 is 71.1 Å². The van der Waals surface area contributed by atoms with Crippen LogP contribution in [0.3, 0.4) is 0 Å². The minimum atomic E-state index is -0.904. The van der Waals surface area contributed by atoms with E-state index in [1.807, 2.05) is 36.4 Å². The second kappa shape index (κ2) is 37.6. The first-order chi connectivity index (χ1) is 30.2. The minimum Gasteiger partial charge on any atom is -0.491 e. The largest absolute Gasteiger partial charge is 0.491 e. The minimum absolute atomic E-state index is 0.436. The molecule has 0 unspecified atom stereocenters. The van der Waals surface area contributed by atoms with Crippen LogP contribution in [0.2, 0.25) is 0 Å². The molecule has 0 atom stereocenters. The lowest BCUT2D eigenvalue weighted by molar-refractivity contribution is 0.000164. The van der Waals surface area contributed by atoms with Crippen molar-refractivity contribution in [2.24, 2.45) is 0 Å². The molecule has 0 aliphatic carbocycles. The van der Waals surface area contributed by atoms with Gasteiger partial charge in [-0.05, 0) is 60.2 Å². The monoisotopic (exact) mass is 880 g/mol. The van der Waals surface area contributed by atoms with Crippen molar-refractivity contribution in [2.75, 3.05) is 180 Å². The van der Waals surface area contributed by atoms with Crippen LogP contribution in [-0.2, 0) is 56.8 Å². The summed E-state index contributed by atoms with van der Waals surface area (Å²) in [7, 11) is 4.04. The molecule has 0 saturated heterocycles. The fourth-order valence-corrected chi connectivity index (χ4v) is 7.47. The summed E-state index contributed by atoms with van der Waals surface area (Å²) in [5.41, 5.74) is 0. The SMILES string of the molecule is COCCOCCOCCOCCOc1ccc(P(c2ccc(OCCOCCOCCOCCOC)cc2)c2ccc(OCCOCCOCCOCCOC)cc2)cc1. The highest BCUT2D eigenvalue weighted by molar-refractivity contribution is 7.79. The highest BCUT2D eigenvalue weighted by atomic mass is 31.1. The molecular weight excluding hydrogens is 811 g/mol. The predicted molar refractivity (Wildman–Crippen MR) is 235 cm³/mol. The highest BCUT2D eigenvalue weighted by Crippen LogP contribution is 2.34. The molecule has 0 aliphatic rings. The molecule has 61 heavy (non-hydrogen) atoms. The summed E-state index contributed by atoms with van der Waals surface area (Å²) in [6.07, 6.45) is 0. The van der Waals surface area contributed by atoms with E-state index in [4.69, 9.17) is 71.1 Å². The third-order valence-electron chi connectivity index (χ3n) is 8.30. The Morgan fingerprint density at radius 1 is 0.246 bits per heavy atom. The summed E-state index contributed by atoms with van der Waals surface area (Å²) in [6.45, 7) is 12.3. The number of rotatable bonds is 42. The number of hydrogen-bond acceptors (Lipinski definition) is 15. The van der Waals surface area contributed by atoms with Crippen molar-refractivity contribution in [1.29, 1.82) is 0 Å². The number of benzene rings is 3. The van der Waals surface area contributed by atoms with Gasteiger partial charge in [0.15, 0.2) is 0 Å². The van der Waals surface area contributed by atoms with Crippen molar-refractivity contribution in [3.05, 3.63) is 72.8 Å². The number of ether oxygens (including phenoxy) is 15. The van der Waals surface area contributed by atoms with Gasteiger partial charge in [0.2, 0.25) is 0 Å². The van der Waals surface area contributed by atoms with Crippen LogP contribution in [0.1, 0.15) is 0 Å². The molecule has 16 heteroatoms. The second-order valence-electron chi connectivity index (χ2n) is 12.9. The molecule has 0 radical (unpaired) electrons. The lowest BCUT2D eigenvalue weighted by Gasteiger charge is -2.20. The van der Waals surface area contributed by atoms with E-state index in [-0.39, 0.29) is 0 Å². The van der Waals surface area contributed by atoms with Crippen molar-refractivity contribution in [2.45, 2.75) is 0 Å². The van der Waals surface area contributed by atoms with Crippen LogP contribution in [0.25, 0.3) is 0 Å². The first kappa shape index (κ1) is 52.4. The standard InChI is InChI=1S/C45H69O15P/c1-46-16-19-49-22-25-52-28-31-55-34-37-58-40-4-10-43(11-5-40)61(44-12-6-41(7-13-44)59-38-35-56-32-29-53-26-23-50-20-17-47-2)45-14-8-42(9-15-45)60-39-36-57-33-30-54-27-24-51-21-18-48-3/h4-15H,16-39H2,1-3H3. The molecule has 0 amide bonds. The Kier molecular flexibility index (Phi) is 32.2. The molecule has 0 bridgehead atoms. The third kappa shape index (κ3) is 26.3. The number of methoxy groups -OCH3 is 3. The Balaban J connectivity index is 1.46. The molecule has 0 heterocycles. The molecule has 0 aromatic heterocycles. The van der Waals surface area contributed by atoms with E-state index in [9.17, 15) is 0 Å². The van der Waals surface area contributed by atoms with E-state index in [1.54, 1.807) is 21.3 Å². The third-order valence-corrected chi connectivity index (χ3v) is 10.7. The zero-order valence-electron chi connectivity index (χ0n) is 36.5. The van der Waals surface area contributed by atoms with Gasteiger partial charge in [-0.3, -0.25) is 0 Å². The fourth-order valence-electron chi connectivity index (χ4n) is 5.23. The van der Waals surface area contributed by atoms with Gasteiger partial charge in [0.1, 0.15) is 37.1 Å². The summed E-state index contributed by atoms with van der Waals surface area (Å²) in [5, 5.41) is 3.54. The van der Waals surface area contributed by atoms with E-state index in [2.05, 4.69) is 36.4 Å². The predicted octanol–water partition coefficient (Wildman–Crippen LogP) is 3.67. The van der Waals surface area contributed by atoms with E-state index in [0.717, 1.165) is 17.2 Å². The van der Waals surface area contributed by atoms with Gasteiger partial charge in [-0.1, -0.05) is 36.4 Å². The molecule has 0 fully saturated rings. The maximum atomic E-state index is 5.98. The lowest BCUT2D eigenvalue weighted by atomic mass is 10.3. The summed E-state index contributed by atoms with van der Waals surface area (Å²) in [4.78, 5) is 0. The molecule has 0 saturated carbocycles. The second-order valence-corrected chi connectivity index (χ2v) is 15.1. The molecule has 0 spiro atoms. The quantitative estimate of drug-likeness (QED) is 0.0604. The number of hydrogen-bond donors (Lipinski definition) is 0. The van der Waals surface area contributed by atoms with Gasteiger partial charge < -0.3 is 71.1 Å². The summed E-state index contributed by atoms with van der Waals surface area (Å²) in [6, 6.07) is 24.8. The molecule has 0 N–H and O–H groups in total. The zero-order chi connectivity index (χ0) is 43.1. The Labute approximate surface area is 364 Å². The summed E-state index contributed by atoms with van der Waals surface area (Å²) in [5.74, 6) is 2.34. The summed E-state index contributed by atoms with van der Waals surface area (Å²) >= 11 is 0. The van der Waals surface area contributed by atoms with Crippen LogP contribution in [0, 0.1) is 0 Å². The first-order valence-electron chi connectivity index (χ1n) is 20.9. The highest BCUT2D eigenvalue weighted by Gasteiger charge is 2.17. The maximum absolute atomic E-state index is 5.98. The van der Waals surface area contributed by atoms with E-state index < -0.39 is 7.92 Å². The smallest absolute Gasteiger partial charge is 0.119 e. The van der Waals surface area contributed by atoms with Crippen molar-refractivity contribution in [1.82, 2.24) is 0 Å². The van der Waals surface area contributed by atoms with E-state index >= 15 is 0 Å². The normalized spacial score (nSPS) is 11.4. The van der Waals surface area contributed by atoms with Crippen molar-refractivity contribution in [3.8, 4) is 17.2 Å². The first-order valence-corrected chi connectivity index (χ1v) is 22.2. The van der Waals surface area contributed by atoms with E-state index in [0.29, 0.717) is 159 Å². The Morgan fingerprint density at radius 3 is 0.623 bits per heavy atom. The van der Waals surface area contributed by atoms with Crippen LogP contribution in [-0.4, -0.2) is 180 Å². The van der Waals surface area contributed by atoms with Crippen molar-refractivity contribution in [3.63, 3.8) is 0 Å². The Bertz CT molecular complexity index is 1230. The maximum Gasteiger partial charge on any atom is 0.119 e. The molecule has 0 aliphatic heterocycles. The van der Waals surface area contributed by atoms with Gasteiger partial charge in [-0.2, -0.15) is 0 Å². The fraction of sp³-hybridized carbons (Fsp3) is 0.600. The van der Waals surface area contributed by atoms with Crippen LogP contribution >= 0.6 is 7.92 Å². The lowest BCUT2D eigenvalue weighted by Crippen LogP contribution is -2.21. The Hall–Kier alpha value is -2.99. The van der Waals surface area contributed by atoms with Gasteiger partial charge in [-0.25, -0.2) is 0 Å². The zero-order valence-corrected chi connectivity index (χ0v) is 37.4. The van der Waals surface area contributed by atoms with Gasteiger partial charge in [0.25, 0.3) is 0 Å². The summed E-state index contributed by atoms with van der Waals surface area (Å²) < 4.78 is 82.6. The van der Waals surface area contributed by atoms with Crippen LogP contribution in [0.4, 0.5) is 0 Å². The molecule has 3 aromatic rings. The van der Waals surface area contributed by atoms with Crippen molar-refractivity contribution >= 4 is 23.8 Å². The molecule has 344 valence electrons. The van der Waals surface area contributed by atoms with E-state index in [1.165, 1.54) is 15.9 Å². The topological polar surface area (TPSA) is 138 Å². The average Bonchev–Trinajstić information content (AvgIpc) is 3.29. The van der Waals surface area contributed by atoms with Crippen LogP contribution < -0.4 is 30.1 Å². The average molecular weight is 881 g/mol. The Morgan fingerprint density at radius 2 is 0.426 bits per heavy atom. The molecule has 3 rings (SSSR count). The van der Waals surface area contributed by atoms with Gasteiger partial charge in [-0.15, -0.1) is 0 Å². The van der Waals surface area contributed by atoms with Crippen LogP contribution in [0.5, 0.6) is 17.2 Å².